The minimum absolute atomic E-state index is 0.0353. The summed E-state index contributed by atoms with van der Waals surface area (Å²) < 4.78 is 0.162. The molecule has 0 amide bonds. The van der Waals surface area contributed by atoms with Gasteiger partial charge in [-0.2, -0.15) is 0 Å². The number of benzene rings is 3. The molecule has 0 radical (unpaired) electrons. The zero-order valence-electron chi connectivity index (χ0n) is 18.0. The van der Waals surface area contributed by atoms with Crippen molar-refractivity contribution in [2.24, 2.45) is 0 Å². The maximum atomic E-state index is 6.76. The molecule has 1 aliphatic carbocycles. The first-order valence-electron chi connectivity index (χ1n) is 10.5. The second-order valence-corrected chi connectivity index (χ2v) is 17.7. The van der Waals surface area contributed by atoms with E-state index in [1.807, 2.05) is 0 Å². The number of allylic oxidation sites excluding steroid dienone is 1. The van der Waals surface area contributed by atoms with Crippen molar-refractivity contribution in [1.29, 1.82) is 0 Å². The van der Waals surface area contributed by atoms with Gasteiger partial charge in [-0.15, -0.1) is 0 Å². The van der Waals surface area contributed by atoms with Gasteiger partial charge in [0.1, 0.15) is 0 Å². The predicted octanol–water partition coefficient (Wildman–Crippen LogP) is 8.73. The third-order valence-electron chi connectivity index (χ3n) is 6.00. The summed E-state index contributed by atoms with van der Waals surface area (Å²) in [6, 6.07) is 24.0. The van der Waals surface area contributed by atoms with Gasteiger partial charge in [0.2, 0.25) is 0 Å². The van der Waals surface area contributed by atoms with Crippen LogP contribution in [0.3, 0.4) is 0 Å². The molecule has 1 atom stereocenters. The van der Waals surface area contributed by atoms with E-state index in [0.717, 1.165) is 6.42 Å². The number of hydrogen-bond donors (Lipinski definition) is 0. The van der Waals surface area contributed by atoms with Gasteiger partial charge in [0.05, 0.1) is 0 Å². The van der Waals surface area contributed by atoms with E-state index < -0.39 is 19.4 Å². The van der Waals surface area contributed by atoms with Gasteiger partial charge < -0.3 is 0 Å². The maximum absolute atomic E-state index is 6.76. The molecule has 3 heteroatoms. The summed E-state index contributed by atoms with van der Waals surface area (Å²) in [7, 11) is 13.5. The third-order valence-corrected chi connectivity index (χ3v) is 11.2. The molecule has 0 saturated carbocycles. The van der Waals surface area contributed by atoms with Crippen LogP contribution in [0.5, 0.6) is 0 Å². The summed E-state index contributed by atoms with van der Waals surface area (Å²) in [5.41, 5.74) is 10.6. The van der Waals surface area contributed by atoms with Crippen LogP contribution in [0.25, 0.3) is 22.8 Å². The number of hydrogen-bond acceptors (Lipinski definition) is 0. The standard InChI is InChI=1S/C27H27.2ClH.Zr/c1-5-19-11-9-10-14-23(19)26-24-18-22(20-12-7-6-8-13-20)17-21(24)15-16-25(26)27(2,3)4;;;/h6-18H,5H2,1-4H3;2*1H;/q;;;+2/p-2. The molecule has 0 N–H and O–H groups in total. The van der Waals surface area contributed by atoms with Gasteiger partial charge in [0.15, 0.2) is 0 Å². The third kappa shape index (κ3) is 4.02. The Morgan fingerprint density at radius 2 is 1.53 bits per heavy atom. The Morgan fingerprint density at radius 3 is 2.17 bits per heavy atom. The van der Waals surface area contributed by atoms with E-state index in [-0.39, 0.29) is 9.04 Å². The molecule has 0 heterocycles. The van der Waals surface area contributed by atoms with Crippen LogP contribution in [-0.4, -0.2) is 0 Å². The Labute approximate surface area is 195 Å². The van der Waals surface area contributed by atoms with Crippen molar-refractivity contribution < 1.29 is 19.4 Å². The van der Waals surface area contributed by atoms with Gasteiger partial charge in [0.25, 0.3) is 0 Å². The first-order chi connectivity index (χ1) is 14.3. The fourth-order valence-corrected chi connectivity index (χ4v) is 9.72. The summed E-state index contributed by atoms with van der Waals surface area (Å²) in [6.45, 7) is 9.12. The molecule has 1 unspecified atom stereocenters. The Balaban J connectivity index is 2.05. The first-order valence-corrected chi connectivity index (χ1v) is 18.3. The fourth-order valence-electron chi connectivity index (χ4n) is 4.55. The average molecular weight is 514 g/mol. The summed E-state index contributed by atoms with van der Waals surface area (Å²) in [5, 5.41) is 0. The van der Waals surface area contributed by atoms with Crippen LogP contribution in [0.1, 0.15) is 59.1 Å². The summed E-state index contributed by atoms with van der Waals surface area (Å²) >= 11 is -2.63. The van der Waals surface area contributed by atoms with E-state index in [4.69, 9.17) is 17.0 Å². The van der Waals surface area contributed by atoms with Crippen LogP contribution in [0, 0.1) is 0 Å². The van der Waals surface area contributed by atoms with Crippen LogP contribution in [0.15, 0.2) is 66.7 Å². The van der Waals surface area contributed by atoms with E-state index in [9.17, 15) is 0 Å². The van der Waals surface area contributed by atoms with E-state index in [1.54, 1.807) is 0 Å². The molecule has 4 rings (SSSR count). The molecule has 0 spiro atoms. The second kappa shape index (κ2) is 8.78. The van der Waals surface area contributed by atoms with Crippen molar-refractivity contribution in [2.75, 3.05) is 0 Å². The van der Waals surface area contributed by atoms with Crippen LogP contribution in [-0.2, 0) is 31.2 Å². The van der Waals surface area contributed by atoms with E-state index >= 15 is 0 Å². The molecule has 3 aromatic carbocycles. The van der Waals surface area contributed by atoms with Gasteiger partial charge in [-0.05, 0) is 0 Å². The van der Waals surface area contributed by atoms with Crippen molar-refractivity contribution in [1.82, 2.24) is 0 Å². The van der Waals surface area contributed by atoms with Gasteiger partial charge in [0, 0.05) is 0 Å². The normalized spacial score (nSPS) is 15.7. The van der Waals surface area contributed by atoms with Crippen molar-refractivity contribution >= 4 is 28.7 Å². The average Bonchev–Trinajstić information content (AvgIpc) is 3.13. The number of fused-ring (bicyclic) bond motifs is 1. The summed E-state index contributed by atoms with van der Waals surface area (Å²) in [4.78, 5) is 0. The molecule has 0 aliphatic heterocycles. The van der Waals surface area contributed by atoms with Crippen molar-refractivity contribution in [3.63, 3.8) is 0 Å². The second-order valence-electron chi connectivity index (χ2n) is 8.94. The Kier molecular flexibility index (Phi) is 6.46. The van der Waals surface area contributed by atoms with Gasteiger partial charge in [-0.25, -0.2) is 0 Å². The van der Waals surface area contributed by atoms with Gasteiger partial charge in [-0.1, -0.05) is 0 Å². The van der Waals surface area contributed by atoms with Crippen molar-refractivity contribution in [3.05, 3.63) is 94.5 Å². The number of aryl methyl sites for hydroxylation is 1. The Morgan fingerprint density at radius 1 is 0.867 bits per heavy atom. The molecule has 30 heavy (non-hydrogen) atoms. The van der Waals surface area contributed by atoms with Gasteiger partial charge >= 0.3 is 197 Å². The molecule has 0 nitrogen and oxygen atoms in total. The van der Waals surface area contributed by atoms with Crippen LogP contribution in [0.4, 0.5) is 0 Å². The zero-order chi connectivity index (χ0) is 21.5. The monoisotopic (exact) mass is 511 g/mol. The SMILES string of the molecule is CCc1ccccc1-c1c(C(C)(C)C)ccc2c1C=C(c1ccccc1)[CH]2[Zr]([Cl])[Cl]. The molecule has 0 bridgehead atoms. The van der Waals surface area contributed by atoms with Crippen LogP contribution < -0.4 is 0 Å². The molecule has 1 aliphatic rings. The van der Waals surface area contributed by atoms with Gasteiger partial charge in [-0.3, -0.25) is 0 Å². The van der Waals surface area contributed by atoms with Crippen molar-refractivity contribution in [2.45, 2.75) is 43.2 Å². The van der Waals surface area contributed by atoms with E-state index in [1.165, 1.54) is 44.5 Å². The zero-order valence-corrected chi connectivity index (χ0v) is 21.9. The molecular formula is C27H27Cl2Zr. The molecule has 0 saturated heterocycles. The predicted molar refractivity (Wildman–Crippen MR) is 129 cm³/mol. The van der Waals surface area contributed by atoms with Crippen LogP contribution in [0.2, 0.25) is 0 Å². The Bertz CT molecular complexity index is 1090. The molecule has 0 fully saturated rings. The summed E-state index contributed by atoms with van der Waals surface area (Å²) in [5.74, 6) is 0. The molecule has 3 aromatic rings. The van der Waals surface area contributed by atoms with E-state index in [0.29, 0.717) is 0 Å². The van der Waals surface area contributed by atoms with Crippen molar-refractivity contribution in [3.8, 4) is 11.1 Å². The fraction of sp³-hybridized carbons (Fsp3) is 0.259. The minimum atomic E-state index is -2.63. The quantitative estimate of drug-likeness (QED) is 0.327. The van der Waals surface area contributed by atoms with Crippen LogP contribution >= 0.6 is 17.0 Å². The molecule has 153 valence electrons. The molecular weight excluding hydrogens is 486 g/mol. The summed E-state index contributed by atoms with van der Waals surface area (Å²) in [6.07, 6.45) is 3.38. The van der Waals surface area contributed by atoms with E-state index in [2.05, 4.69) is 101 Å². The number of halogens is 2. The first kappa shape index (κ1) is 22.1. The number of rotatable bonds is 4. The Hall–Kier alpha value is -1.14. The topological polar surface area (TPSA) is 0 Å². The molecule has 0 aromatic heterocycles.